The molecule has 1 aromatic heterocycles. The predicted molar refractivity (Wildman–Crippen MR) is 56.6 cm³/mol. The molecule has 0 aliphatic rings. The minimum Gasteiger partial charge on any atom is -0.415 e. The van der Waals surface area contributed by atoms with Gasteiger partial charge in [-0.05, 0) is 17.7 Å². The highest BCUT2D eigenvalue weighted by atomic mass is 35.5. The Balaban J connectivity index is 2.25. The van der Waals surface area contributed by atoms with Crippen molar-refractivity contribution >= 4 is 21.4 Å². The van der Waals surface area contributed by atoms with Gasteiger partial charge in [-0.15, -0.1) is 5.10 Å². The summed E-state index contributed by atoms with van der Waals surface area (Å²) in [5.74, 6) is -0.188. The van der Waals surface area contributed by atoms with Crippen LogP contribution in [0, 0.1) is 0 Å². The van der Waals surface area contributed by atoms with Crippen molar-refractivity contribution in [1.82, 2.24) is 10.2 Å². The van der Waals surface area contributed by atoms with Gasteiger partial charge in [0.25, 0.3) is 0 Å². The zero-order valence-electron chi connectivity index (χ0n) is 8.00. The summed E-state index contributed by atoms with van der Waals surface area (Å²) < 4.78 is 28.1. The normalized spacial score (nSPS) is 11.6. The van der Waals surface area contributed by atoms with Gasteiger partial charge in [0, 0.05) is 5.02 Å². The van der Waals surface area contributed by atoms with Crippen LogP contribution in [-0.4, -0.2) is 18.6 Å². The lowest BCUT2D eigenvalue weighted by molar-refractivity contribution is 0.429. The van der Waals surface area contributed by atoms with Gasteiger partial charge >= 0.3 is 5.22 Å². The van der Waals surface area contributed by atoms with Gasteiger partial charge in [-0.25, -0.2) is 8.42 Å². The molecule has 0 radical (unpaired) electrons. The van der Waals surface area contributed by atoms with E-state index in [2.05, 4.69) is 14.6 Å². The molecule has 16 heavy (non-hydrogen) atoms. The number of halogens is 1. The summed E-state index contributed by atoms with van der Waals surface area (Å²) in [6, 6.07) is 6.52. The zero-order chi connectivity index (χ0) is 11.6. The first-order chi connectivity index (χ1) is 7.58. The van der Waals surface area contributed by atoms with Crippen molar-refractivity contribution in [3.63, 3.8) is 0 Å². The second-order valence-electron chi connectivity index (χ2n) is 3.09. The van der Waals surface area contributed by atoms with Gasteiger partial charge in [0.1, 0.15) is 0 Å². The van der Waals surface area contributed by atoms with Crippen LogP contribution >= 0.6 is 11.6 Å². The monoisotopic (exact) mass is 258 g/mol. The molecule has 1 aromatic carbocycles. The molecular weight excluding hydrogens is 252 g/mol. The maximum Gasteiger partial charge on any atom is 0.335 e. The summed E-state index contributed by atoms with van der Waals surface area (Å²) in [6.07, 6.45) is 0.981. The van der Waals surface area contributed by atoms with Gasteiger partial charge in [0.2, 0.25) is 16.2 Å². The Bertz CT molecular complexity index is 563. The van der Waals surface area contributed by atoms with Gasteiger partial charge < -0.3 is 4.42 Å². The molecule has 0 spiro atoms. The molecule has 1 heterocycles. The van der Waals surface area contributed by atoms with E-state index < -0.39 is 9.84 Å². The molecule has 0 atom stereocenters. The van der Waals surface area contributed by atoms with Crippen LogP contribution in [0.5, 0.6) is 0 Å². The lowest BCUT2D eigenvalue weighted by Gasteiger charge is -1.99. The molecular formula is C9H7ClN2O3S. The second kappa shape index (κ2) is 4.23. The Morgan fingerprint density at radius 3 is 2.50 bits per heavy atom. The summed E-state index contributed by atoms with van der Waals surface area (Å²) in [5.41, 5.74) is 0.614. The molecule has 2 rings (SSSR count). The van der Waals surface area contributed by atoms with E-state index in [1.54, 1.807) is 24.3 Å². The first-order valence-corrected chi connectivity index (χ1v) is 6.34. The molecule has 0 aliphatic carbocycles. The minimum atomic E-state index is -3.57. The quantitative estimate of drug-likeness (QED) is 0.838. The number of hydrogen-bond acceptors (Lipinski definition) is 5. The Kier molecular flexibility index (Phi) is 2.93. The molecule has 0 amide bonds. The molecule has 84 valence electrons. The topological polar surface area (TPSA) is 73.1 Å². The lowest BCUT2D eigenvalue weighted by Crippen LogP contribution is -2.05. The maximum absolute atomic E-state index is 11.7. The molecule has 0 saturated carbocycles. The van der Waals surface area contributed by atoms with Crippen molar-refractivity contribution in [2.24, 2.45) is 0 Å². The number of benzene rings is 1. The second-order valence-corrected chi connectivity index (χ2v) is 5.39. The van der Waals surface area contributed by atoms with E-state index in [1.165, 1.54) is 0 Å². The summed E-state index contributed by atoms with van der Waals surface area (Å²) in [4.78, 5) is 0. The van der Waals surface area contributed by atoms with Crippen molar-refractivity contribution in [1.29, 1.82) is 0 Å². The van der Waals surface area contributed by atoms with Crippen molar-refractivity contribution in [2.75, 3.05) is 0 Å². The molecule has 0 N–H and O–H groups in total. The highest BCUT2D eigenvalue weighted by Crippen LogP contribution is 2.15. The van der Waals surface area contributed by atoms with Crippen LogP contribution in [0.2, 0.25) is 5.02 Å². The molecule has 0 bridgehead atoms. The summed E-state index contributed by atoms with van der Waals surface area (Å²) in [7, 11) is -3.57. The van der Waals surface area contributed by atoms with Crippen LogP contribution in [0.1, 0.15) is 5.56 Å². The van der Waals surface area contributed by atoms with E-state index in [0.29, 0.717) is 10.6 Å². The van der Waals surface area contributed by atoms with E-state index in [0.717, 1.165) is 6.39 Å². The fraction of sp³-hybridized carbons (Fsp3) is 0.111. The third kappa shape index (κ3) is 2.40. The minimum absolute atomic E-state index is 0.188. The number of hydrogen-bond donors (Lipinski definition) is 0. The van der Waals surface area contributed by atoms with Crippen molar-refractivity contribution in [3.8, 4) is 0 Å². The third-order valence-corrected chi connectivity index (χ3v) is 3.55. The Morgan fingerprint density at radius 2 is 1.94 bits per heavy atom. The van der Waals surface area contributed by atoms with Crippen LogP contribution in [0.4, 0.5) is 0 Å². The molecule has 0 saturated heterocycles. The zero-order valence-corrected chi connectivity index (χ0v) is 9.57. The van der Waals surface area contributed by atoms with Crippen LogP contribution in [0.25, 0.3) is 0 Å². The van der Waals surface area contributed by atoms with E-state index in [4.69, 9.17) is 11.6 Å². The number of nitrogens with zero attached hydrogens (tertiary/aromatic N) is 2. The molecule has 7 heteroatoms. The number of aromatic nitrogens is 2. The van der Waals surface area contributed by atoms with Crippen molar-refractivity contribution in [2.45, 2.75) is 11.0 Å². The summed E-state index contributed by atoms with van der Waals surface area (Å²) in [5, 5.41) is 6.88. The van der Waals surface area contributed by atoms with Gasteiger partial charge in [0.15, 0.2) is 0 Å². The average molecular weight is 259 g/mol. The molecule has 0 aliphatic heterocycles. The van der Waals surface area contributed by atoms with E-state index in [1.807, 2.05) is 0 Å². The first-order valence-electron chi connectivity index (χ1n) is 4.31. The largest absolute Gasteiger partial charge is 0.415 e. The van der Waals surface area contributed by atoms with E-state index in [9.17, 15) is 8.42 Å². The smallest absolute Gasteiger partial charge is 0.335 e. The van der Waals surface area contributed by atoms with Crippen LogP contribution < -0.4 is 0 Å². The number of rotatable bonds is 3. The maximum atomic E-state index is 11.7. The average Bonchev–Trinajstić information content (AvgIpc) is 2.75. The number of sulfone groups is 1. The molecule has 0 unspecified atom stereocenters. The summed E-state index contributed by atoms with van der Waals surface area (Å²) >= 11 is 5.69. The molecule has 2 aromatic rings. The highest BCUT2D eigenvalue weighted by Gasteiger charge is 2.20. The fourth-order valence-corrected chi connectivity index (χ4v) is 2.40. The van der Waals surface area contributed by atoms with Gasteiger partial charge in [-0.1, -0.05) is 28.8 Å². The van der Waals surface area contributed by atoms with Crippen LogP contribution in [0.3, 0.4) is 0 Å². The van der Waals surface area contributed by atoms with Crippen molar-refractivity contribution in [3.05, 3.63) is 41.2 Å². The third-order valence-electron chi connectivity index (χ3n) is 1.88. The SMILES string of the molecule is O=S(=O)(Cc1ccc(Cl)cc1)c1nnco1. The first kappa shape index (κ1) is 11.1. The summed E-state index contributed by atoms with van der Waals surface area (Å²) in [6.45, 7) is 0. The molecule has 0 fully saturated rings. The molecule has 5 nitrogen and oxygen atoms in total. The van der Waals surface area contributed by atoms with Crippen LogP contribution in [0.15, 0.2) is 40.3 Å². The van der Waals surface area contributed by atoms with E-state index >= 15 is 0 Å². The van der Waals surface area contributed by atoms with Gasteiger partial charge in [-0.3, -0.25) is 0 Å². The fourth-order valence-electron chi connectivity index (χ4n) is 1.16. The lowest BCUT2D eigenvalue weighted by atomic mass is 10.2. The van der Waals surface area contributed by atoms with E-state index in [-0.39, 0.29) is 11.0 Å². The highest BCUT2D eigenvalue weighted by molar-refractivity contribution is 7.90. The van der Waals surface area contributed by atoms with Crippen molar-refractivity contribution < 1.29 is 12.8 Å². The van der Waals surface area contributed by atoms with Gasteiger partial charge in [0.05, 0.1) is 5.75 Å². The Morgan fingerprint density at radius 1 is 1.25 bits per heavy atom. The Labute approximate surface area is 97.0 Å². The Hall–Kier alpha value is -1.40. The standard InChI is InChI=1S/C9H7ClN2O3S/c10-8-3-1-7(2-4-8)5-16(13,14)9-12-11-6-15-9/h1-4,6H,5H2. The van der Waals surface area contributed by atoms with Crippen LogP contribution in [-0.2, 0) is 15.6 Å². The predicted octanol–water partition coefficient (Wildman–Crippen LogP) is 1.70. The van der Waals surface area contributed by atoms with Gasteiger partial charge in [-0.2, -0.15) is 0 Å².